The summed E-state index contributed by atoms with van der Waals surface area (Å²) in [5, 5.41) is 3.12. The molecule has 0 saturated carbocycles. The summed E-state index contributed by atoms with van der Waals surface area (Å²) in [7, 11) is -3.47. The smallest absolute Gasteiger partial charge is 0.242 e. The summed E-state index contributed by atoms with van der Waals surface area (Å²) < 4.78 is 28.3. The summed E-state index contributed by atoms with van der Waals surface area (Å²) in [5.74, 6) is 0. The van der Waals surface area contributed by atoms with Gasteiger partial charge in [-0.2, -0.15) is 0 Å². The summed E-state index contributed by atoms with van der Waals surface area (Å²) in [4.78, 5) is 2.76. The summed E-state index contributed by atoms with van der Waals surface area (Å²) in [6.45, 7) is 4.78. The Bertz CT molecular complexity index is 603. The molecule has 5 nitrogen and oxygen atoms in total. The van der Waals surface area contributed by atoms with E-state index >= 15 is 0 Å². The number of para-hydroxylation sites is 1. The molecule has 2 fully saturated rings. The van der Waals surface area contributed by atoms with E-state index in [9.17, 15) is 8.42 Å². The van der Waals surface area contributed by atoms with E-state index in [1.807, 2.05) is 19.1 Å². The van der Waals surface area contributed by atoms with Crippen molar-refractivity contribution in [2.45, 2.75) is 43.2 Å². The number of hydrogen-bond donors (Lipinski definition) is 2. The zero-order chi connectivity index (χ0) is 14.9. The van der Waals surface area contributed by atoms with Crippen molar-refractivity contribution in [3.05, 3.63) is 24.3 Å². The minimum atomic E-state index is -3.47. The third kappa shape index (κ3) is 2.93. The van der Waals surface area contributed by atoms with Crippen molar-refractivity contribution in [3.63, 3.8) is 0 Å². The SMILES string of the molecule is CCNc1ccccc1S(=O)(=O)NC1CCN2CCCC12. The molecule has 2 heterocycles. The summed E-state index contributed by atoms with van der Waals surface area (Å²) in [6.07, 6.45) is 3.19. The summed E-state index contributed by atoms with van der Waals surface area (Å²) in [6, 6.07) is 7.53. The molecule has 0 radical (unpaired) electrons. The lowest BCUT2D eigenvalue weighted by molar-refractivity contribution is 0.309. The number of fused-ring (bicyclic) bond motifs is 1. The van der Waals surface area contributed by atoms with Crippen molar-refractivity contribution in [1.82, 2.24) is 9.62 Å². The molecule has 21 heavy (non-hydrogen) atoms. The fourth-order valence-corrected chi connectivity index (χ4v) is 5.01. The zero-order valence-electron chi connectivity index (χ0n) is 12.4. The lowest BCUT2D eigenvalue weighted by Gasteiger charge is -2.22. The molecule has 0 spiro atoms. The van der Waals surface area contributed by atoms with Crippen LogP contribution in [0.15, 0.2) is 29.2 Å². The van der Waals surface area contributed by atoms with Crippen LogP contribution in [0.4, 0.5) is 5.69 Å². The van der Waals surface area contributed by atoms with Gasteiger partial charge in [0.25, 0.3) is 0 Å². The van der Waals surface area contributed by atoms with E-state index in [-0.39, 0.29) is 6.04 Å². The maximum absolute atomic E-state index is 12.7. The second-order valence-electron chi connectivity index (χ2n) is 5.79. The topological polar surface area (TPSA) is 61.4 Å². The first kappa shape index (κ1) is 14.8. The van der Waals surface area contributed by atoms with Gasteiger partial charge in [0, 0.05) is 25.2 Å². The number of rotatable bonds is 5. The van der Waals surface area contributed by atoms with Gasteiger partial charge in [-0.15, -0.1) is 0 Å². The van der Waals surface area contributed by atoms with E-state index in [4.69, 9.17) is 0 Å². The first-order valence-electron chi connectivity index (χ1n) is 7.71. The van der Waals surface area contributed by atoms with Crippen molar-refractivity contribution in [2.24, 2.45) is 0 Å². The number of nitrogens with zero attached hydrogens (tertiary/aromatic N) is 1. The Kier molecular flexibility index (Phi) is 4.19. The van der Waals surface area contributed by atoms with Crippen LogP contribution in [0.2, 0.25) is 0 Å². The second-order valence-corrected chi connectivity index (χ2v) is 7.47. The highest BCUT2D eigenvalue weighted by Crippen LogP contribution is 2.29. The molecular formula is C15H23N3O2S. The Morgan fingerprint density at radius 3 is 2.86 bits per heavy atom. The number of hydrogen-bond acceptors (Lipinski definition) is 4. The number of nitrogens with one attached hydrogen (secondary N) is 2. The molecule has 2 N–H and O–H groups in total. The van der Waals surface area contributed by atoms with E-state index < -0.39 is 10.0 Å². The van der Waals surface area contributed by atoms with Crippen molar-refractivity contribution >= 4 is 15.7 Å². The van der Waals surface area contributed by atoms with Crippen LogP contribution in [0.25, 0.3) is 0 Å². The molecule has 3 rings (SSSR count). The fraction of sp³-hybridized carbons (Fsp3) is 0.600. The highest BCUT2D eigenvalue weighted by atomic mass is 32.2. The van der Waals surface area contributed by atoms with Crippen molar-refractivity contribution in [3.8, 4) is 0 Å². The average molecular weight is 309 g/mol. The van der Waals surface area contributed by atoms with Gasteiger partial charge in [0.05, 0.1) is 5.69 Å². The predicted octanol–water partition coefficient (Wildman–Crippen LogP) is 1.63. The van der Waals surface area contributed by atoms with Gasteiger partial charge in [0.2, 0.25) is 10.0 Å². The molecule has 0 amide bonds. The van der Waals surface area contributed by atoms with Crippen molar-refractivity contribution in [2.75, 3.05) is 25.0 Å². The maximum atomic E-state index is 12.7. The molecule has 2 aliphatic rings. The van der Waals surface area contributed by atoms with E-state index in [2.05, 4.69) is 14.9 Å². The first-order chi connectivity index (χ1) is 10.1. The van der Waals surface area contributed by atoms with Crippen LogP contribution in [0, 0.1) is 0 Å². The van der Waals surface area contributed by atoms with Gasteiger partial charge in [-0.05, 0) is 44.9 Å². The van der Waals surface area contributed by atoms with E-state index in [0.29, 0.717) is 23.2 Å². The normalized spacial score (nSPS) is 26.0. The fourth-order valence-electron chi connectivity index (χ4n) is 3.52. The van der Waals surface area contributed by atoms with Crippen LogP contribution in [0.3, 0.4) is 0 Å². The van der Waals surface area contributed by atoms with Crippen LogP contribution in [-0.2, 0) is 10.0 Å². The lowest BCUT2D eigenvalue weighted by atomic mass is 10.1. The van der Waals surface area contributed by atoms with E-state index in [1.165, 1.54) is 6.42 Å². The summed E-state index contributed by atoms with van der Waals surface area (Å²) >= 11 is 0. The van der Waals surface area contributed by atoms with Crippen LogP contribution in [0.5, 0.6) is 0 Å². The first-order valence-corrected chi connectivity index (χ1v) is 9.19. The molecule has 2 aliphatic heterocycles. The van der Waals surface area contributed by atoms with Gasteiger partial charge < -0.3 is 5.32 Å². The third-order valence-electron chi connectivity index (χ3n) is 4.46. The molecule has 2 unspecified atom stereocenters. The van der Waals surface area contributed by atoms with Crippen molar-refractivity contribution < 1.29 is 8.42 Å². The van der Waals surface area contributed by atoms with Gasteiger partial charge in [-0.1, -0.05) is 12.1 Å². The molecule has 116 valence electrons. The Morgan fingerprint density at radius 2 is 2.05 bits per heavy atom. The largest absolute Gasteiger partial charge is 0.384 e. The van der Waals surface area contributed by atoms with Crippen LogP contribution < -0.4 is 10.0 Å². The standard InChI is InChI=1S/C15H23N3O2S/c1-2-16-13-6-3-4-8-15(13)21(19,20)17-12-9-11-18-10-5-7-14(12)18/h3-4,6,8,12,14,16-17H,2,5,7,9-11H2,1H3. The minimum Gasteiger partial charge on any atom is -0.384 e. The van der Waals surface area contributed by atoms with E-state index in [0.717, 1.165) is 25.9 Å². The minimum absolute atomic E-state index is 0.0483. The molecule has 1 aromatic carbocycles. The van der Waals surface area contributed by atoms with Gasteiger partial charge in [-0.3, -0.25) is 4.90 Å². The molecule has 0 bridgehead atoms. The monoisotopic (exact) mass is 309 g/mol. The quantitative estimate of drug-likeness (QED) is 0.868. The third-order valence-corrected chi connectivity index (χ3v) is 6.00. The molecule has 2 atom stereocenters. The molecule has 0 aromatic heterocycles. The Hall–Kier alpha value is -1.11. The highest BCUT2D eigenvalue weighted by molar-refractivity contribution is 7.89. The van der Waals surface area contributed by atoms with Crippen LogP contribution in [-0.4, -0.2) is 45.0 Å². The van der Waals surface area contributed by atoms with E-state index in [1.54, 1.807) is 12.1 Å². The molecule has 1 aromatic rings. The van der Waals surface area contributed by atoms with Gasteiger partial charge in [-0.25, -0.2) is 13.1 Å². The Morgan fingerprint density at radius 1 is 1.24 bits per heavy atom. The lowest BCUT2D eigenvalue weighted by Crippen LogP contribution is -2.42. The van der Waals surface area contributed by atoms with Crippen LogP contribution in [0.1, 0.15) is 26.2 Å². The summed E-state index contributed by atoms with van der Waals surface area (Å²) in [5.41, 5.74) is 0.675. The Balaban J connectivity index is 1.81. The van der Waals surface area contributed by atoms with Gasteiger partial charge in [0.1, 0.15) is 4.90 Å². The number of benzene rings is 1. The second kappa shape index (κ2) is 5.94. The Labute approximate surface area is 126 Å². The maximum Gasteiger partial charge on any atom is 0.242 e. The van der Waals surface area contributed by atoms with Crippen LogP contribution >= 0.6 is 0 Å². The molecule has 2 saturated heterocycles. The van der Waals surface area contributed by atoms with Gasteiger partial charge in [0.15, 0.2) is 0 Å². The molecular weight excluding hydrogens is 286 g/mol. The zero-order valence-corrected chi connectivity index (χ0v) is 13.2. The molecule has 6 heteroatoms. The molecule has 0 aliphatic carbocycles. The highest BCUT2D eigenvalue weighted by Gasteiger charge is 2.39. The number of anilines is 1. The number of sulfonamides is 1. The van der Waals surface area contributed by atoms with Gasteiger partial charge >= 0.3 is 0 Å². The average Bonchev–Trinajstić information content (AvgIpc) is 3.05. The predicted molar refractivity (Wildman–Crippen MR) is 83.9 cm³/mol. The van der Waals surface area contributed by atoms with Crippen molar-refractivity contribution in [1.29, 1.82) is 0 Å².